The summed E-state index contributed by atoms with van der Waals surface area (Å²) in [6.07, 6.45) is 4.35. The highest BCUT2D eigenvalue weighted by Gasteiger charge is 2.24. The molecule has 0 bridgehead atoms. The van der Waals surface area contributed by atoms with Gasteiger partial charge in [0.15, 0.2) is 5.75 Å². The lowest BCUT2D eigenvalue weighted by atomic mass is 9.91. The van der Waals surface area contributed by atoms with Crippen molar-refractivity contribution in [2.45, 2.75) is 32.6 Å². The van der Waals surface area contributed by atoms with E-state index in [0.29, 0.717) is 10.6 Å². The van der Waals surface area contributed by atoms with Crippen molar-refractivity contribution in [1.82, 2.24) is 20.6 Å². The zero-order chi connectivity index (χ0) is 21.4. The maximum absolute atomic E-state index is 13.1. The molecule has 2 heterocycles. The molecule has 0 unspecified atom stereocenters. The van der Waals surface area contributed by atoms with Crippen molar-refractivity contribution in [3.63, 3.8) is 0 Å². The first kappa shape index (κ1) is 19.5. The topological polar surface area (TPSA) is 102 Å². The number of carbonyl (C=O) groups is 1. The average molecular weight is 436 g/mol. The van der Waals surface area contributed by atoms with Crippen LogP contribution in [0.3, 0.4) is 0 Å². The highest BCUT2D eigenvalue weighted by molar-refractivity contribution is 7.21. The summed E-state index contributed by atoms with van der Waals surface area (Å²) in [5, 5.41) is 17.0. The van der Waals surface area contributed by atoms with E-state index in [4.69, 9.17) is 9.47 Å². The van der Waals surface area contributed by atoms with Crippen molar-refractivity contribution >= 4 is 33.3 Å². The molecule has 0 saturated heterocycles. The van der Waals surface area contributed by atoms with Gasteiger partial charge in [0.1, 0.15) is 16.4 Å². The highest BCUT2D eigenvalue weighted by Crippen LogP contribution is 2.44. The van der Waals surface area contributed by atoms with Gasteiger partial charge in [-0.2, -0.15) is 5.21 Å². The maximum atomic E-state index is 13.1. The van der Waals surface area contributed by atoms with E-state index in [0.717, 1.165) is 46.4 Å². The molecule has 2 aromatic heterocycles. The molecular weight excluding hydrogens is 414 g/mol. The number of fused-ring (bicyclic) bond motifs is 2. The SMILES string of the molecule is COc1cc2c(Oc3cccc4c3CCCC4)c(C(=O)Nc3nn[nH]n3)sc2cc1C. The molecule has 31 heavy (non-hydrogen) atoms. The van der Waals surface area contributed by atoms with Crippen LogP contribution < -0.4 is 14.8 Å². The number of H-pyrrole nitrogens is 1. The molecule has 158 valence electrons. The van der Waals surface area contributed by atoms with E-state index in [9.17, 15) is 4.79 Å². The molecule has 0 fully saturated rings. The Bertz CT molecular complexity index is 1270. The minimum absolute atomic E-state index is 0.110. The summed E-state index contributed by atoms with van der Waals surface area (Å²) in [5.41, 5.74) is 3.52. The number of carbonyl (C=O) groups excluding carboxylic acids is 1. The molecule has 1 aliphatic rings. The average Bonchev–Trinajstić information content (AvgIpc) is 3.41. The number of nitrogens with zero attached hydrogens (tertiary/aromatic N) is 3. The van der Waals surface area contributed by atoms with Gasteiger partial charge in [-0.1, -0.05) is 17.2 Å². The van der Waals surface area contributed by atoms with E-state index >= 15 is 0 Å². The van der Waals surface area contributed by atoms with Crippen LogP contribution in [0.15, 0.2) is 30.3 Å². The van der Waals surface area contributed by atoms with Crippen molar-refractivity contribution < 1.29 is 14.3 Å². The predicted octanol–water partition coefficient (Wildman–Crippen LogP) is 4.65. The Morgan fingerprint density at radius 1 is 1.19 bits per heavy atom. The summed E-state index contributed by atoms with van der Waals surface area (Å²) in [6, 6.07) is 10.1. The first-order valence-corrected chi connectivity index (χ1v) is 10.9. The van der Waals surface area contributed by atoms with Crippen LogP contribution in [0.4, 0.5) is 5.95 Å². The number of anilines is 1. The van der Waals surface area contributed by atoms with E-state index in [2.05, 4.69) is 32.0 Å². The van der Waals surface area contributed by atoms with Gasteiger partial charge in [-0.15, -0.1) is 16.4 Å². The smallest absolute Gasteiger partial charge is 0.272 e. The lowest BCUT2D eigenvalue weighted by molar-refractivity contribution is 0.102. The van der Waals surface area contributed by atoms with Gasteiger partial charge >= 0.3 is 0 Å². The number of amides is 1. The first-order chi connectivity index (χ1) is 15.1. The summed E-state index contributed by atoms with van der Waals surface area (Å²) in [6.45, 7) is 1.98. The molecule has 5 rings (SSSR count). The van der Waals surface area contributed by atoms with Crippen LogP contribution in [-0.4, -0.2) is 33.6 Å². The third-order valence-electron chi connectivity index (χ3n) is 5.50. The number of aromatic nitrogens is 4. The molecule has 0 radical (unpaired) electrons. The predicted molar refractivity (Wildman–Crippen MR) is 118 cm³/mol. The molecule has 1 aliphatic carbocycles. The van der Waals surface area contributed by atoms with Gasteiger partial charge in [0.25, 0.3) is 11.9 Å². The fourth-order valence-electron chi connectivity index (χ4n) is 4.00. The molecule has 0 aliphatic heterocycles. The normalized spacial score (nSPS) is 13.1. The van der Waals surface area contributed by atoms with Gasteiger partial charge in [-0.3, -0.25) is 10.1 Å². The third kappa shape index (κ3) is 3.61. The summed E-state index contributed by atoms with van der Waals surface area (Å²) >= 11 is 1.37. The first-order valence-electron chi connectivity index (χ1n) is 10.1. The molecule has 1 amide bonds. The number of aromatic amines is 1. The number of nitrogens with one attached hydrogen (secondary N) is 2. The van der Waals surface area contributed by atoms with Gasteiger partial charge in [0.2, 0.25) is 0 Å². The summed E-state index contributed by atoms with van der Waals surface area (Å²) in [4.78, 5) is 13.5. The van der Waals surface area contributed by atoms with Crippen LogP contribution >= 0.6 is 11.3 Å². The summed E-state index contributed by atoms with van der Waals surface area (Å²) < 4.78 is 12.9. The van der Waals surface area contributed by atoms with Crippen molar-refractivity contribution in [1.29, 1.82) is 0 Å². The van der Waals surface area contributed by atoms with Crippen LogP contribution in [0.5, 0.6) is 17.2 Å². The molecule has 2 aromatic carbocycles. The number of tetrazole rings is 1. The molecule has 9 heteroatoms. The van der Waals surface area contributed by atoms with Gasteiger partial charge in [0, 0.05) is 10.1 Å². The van der Waals surface area contributed by atoms with Crippen LogP contribution in [0.1, 0.15) is 39.2 Å². The largest absolute Gasteiger partial charge is 0.496 e. The lowest BCUT2D eigenvalue weighted by Gasteiger charge is -2.19. The molecule has 0 atom stereocenters. The molecule has 0 saturated carbocycles. The molecule has 4 aromatic rings. The maximum Gasteiger partial charge on any atom is 0.272 e. The minimum Gasteiger partial charge on any atom is -0.496 e. The quantitative estimate of drug-likeness (QED) is 0.473. The van der Waals surface area contributed by atoms with Crippen LogP contribution in [0.2, 0.25) is 0 Å². The number of aryl methyl sites for hydroxylation is 2. The number of methoxy groups -OCH3 is 1. The number of benzene rings is 2. The minimum atomic E-state index is -0.348. The van der Waals surface area contributed by atoms with Crippen LogP contribution in [0, 0.1) is 6.92 Å². The standard InChI is InChI=1S/C22H21N5O3S/c1-12-10-18-15(11-17(12)29-2)19(20(31-18)21(28)23-22-24-26-27-25-22)30-16-9-5-7-13-6-3-4-8-14(13)16/h5,7,9-11H,3-4,6,8H2,1-2H3,(H2,23,24,25,26,27,28). The molecular formula is C22H21N5O3S. The van der Waals surface area contributed by atoms with E-state index in [1.165, 1.54) is 28.9 Å². The zero-order valence-electron chi connectivity index (χ0n) is 17.2. The van der Waals surface area contributed by atoms with Gasteiger partial charge < -0.3 is 9.47 Å². The second-order valence-corrected chi connectivity index (χ2v) is 8.52. The van der Waals surface area contributed by atoms with Crippen molar-refractivity contribution in [3.8, 4) is 17.2 Å². The summed E-state index contributed by atoms with van der Waals surface area (Å²) in [5.74, 6) is 1.82. The Labute approximate surface area is 182 Å². The van der Waals surface area contributed by atoms with Crippen molar-refractivity contribution in [2.75, 3.05) is 12.4 Å². The third-order valence-corrected chi connectivity index (χ3v) is 6.63. The fourth-order valence-corrected chi connectivity index (χ4v) is 5.10. The number of rotatable bonds is 5. The second-order valence-electron chi connectivity index (χ2n) is 7.47. The Hall–Kier alpha value is -3.46. The molecule has 8 nitrogen and oxygen atoms in total. The molecule has 0 spiro atoms. The number of hydrogen-bond acceptors (Lipinski definition) is 7. The monoisotopic (exact) mass is 435 g/mol. The van der Waals surface area contributed by atoms with E-state index in [1.54, 1.807) is 7.11 Å². The van der Waals surface area contributed by atoms with Gasteiger partial charge in [-0.05, 0) is 72.7 Å². The Balaban J connectivity index is 1.63. The Morgan fingerprint density at radius 2 is 2.06 bits per heavy atom. The highest BCUT2D eigenvalue weighted by atomic mass is 32.1. The van der Waals surface area contributed by atoms with Crippen LogP contribution in [0.25, 0.3) is 10.1 Å². The van der Waals surface area contributed by atoms with Crippen molar-refractivity contribution in [3.05, 3.63) is 51.9 Å². The summed E-state index contributed by atoms with van der Waals surface area (Å²) in [7, 11) is 1.64. The van der Waals surface area contributed by atoms with Crippen molar-refractivity contribution in [2.24, 2.45) is 0 Å². The van der Waals surface area contributed by atoms with Gasteiger partial charge in [-0.25, -0.2) is 0 Å². The van der Waals surface area contributed by atoms with Crippen LogP contribution in [-0.2, 0) is 12.8 Å². The van der Waals surface area contributed by atoms with E-state index in [1.807, 2.05) is 31.2 Å². The Morgan fingerprint density at radius 3 is 2.87 bits per heavy atom. The van der Waals surface area contributed by atoms with E-state index in [-0.39, 0.29) is 11.9 Å². The molecule has 2 N–H and O–H groups in total. The number of ether oxygens (including phenoxy) is 2. The van der Waals surface area contributed by atoms with E-state index < -0.39 is 0 Å². The number of thiophene rings is 1. The fraction of sp³-hybridized carbons (Fsp3) is 0.273. The van der Waals surface area contributed by atoms with Gasteiger partial charge in [0.05, 0.1) is 7.11 Å². The zero-order valence-corrected chi connectivity index (χ0v) is 18.0. The lowest BCUT2D eigenvalue weighted by Crippen LogP contribution is -2.12. The number of hydrogen-bond donors (Lipinski definition) is 2. The Kier molecular flexibility index (Phi) is 5.03. The second kappa shape index (κ2) is 7.99.